The molecule has 0 radical (unpaired) electrons. The number of ether oxygens (including phenoxy) is 2. The maximum absolute atomic E-state index is 12.6. The lowest BCUT2D eigenvalue weighted by atomic mass is 9.94. The number of benzene rings is 1. The highest BCUT2D eigenvalue weighted by atomic mass is 32.2. The molecule has 0 aliphatic carbocycles. The Bertz CT molecular complexity index is 759. The molecule has 158 valence electrons. The average Bonchev–Trinajstić information content (AvgIpc) is 2.64. The first-order valence-corrected chi connectivity index (χ1v) is 10.6. The van der Waals surface area contributed by atoms with Crippen LogP contribution in [0.4, 0.5) is 4.79 Å². The Morgan fingerprint density at radius 1 is 1.00 bits per heavy atom. The van der Waals surface area contributed by atoms with E-state index in [2.05, 4.69) is 0 Å². The molecule has 1 rings (SSSR count). The lowest BCUT2D eigenvalue weighted by Gasteiger charge is -2.23. The van der Waals surface area contributed by atoms with Gasteiger partial charge in [-0.15, -0.1) is 0 Å². The summed E-state index contributed by atoms with van der Waals surface area (Å²) in [6.07, 6.45) is -0.0775. The van der Waals surface area contributed by atoms with Crippen molar-refractivity contribution in [2.24, 2.45) is 5.92 Å². The number of ketones is 2. The third-order valence-electron chi connectivity index (χ3n) is 3.88. The highest BCUT2D eigenvalue weighted by Gasteiger charge is 2.34. The van der Waals surface area contributed by atoms with Gasteiger partial charge in [-0.2, -0.15) is 0 Å². The Hall–Kier alpha value is -2.13. The van der Waals surface area contributed by atoms with Gasteiger partial charge in [0.15, 0.2) is 5.12 Å². The third-order valence-corrected chi connectivity index (χ3v) is 5.88. The number of Topliss-reactive ketones (excluding diaryl/α,β-unsaturated/α-hetero) is 2. The Morgan fingerprint density at radius 3 is 2.17 bits per heavy atom. The van der Waals surface area contributed by atoms with Crippen LogP contribution in [0.25, 0.3) is 0 Å². The minimum absolute atomic E-state index is 0.0775. The molecule has 29 heavy (non-hydrogen) atoms. The van der Waals surface area contributed by atoms with E-state index in [0.717, 1.165) is 11.8 Å². The summed E-state index contributed by atoms with van der Waals surface area (Å²) in [6.45, 7) is 5.28. The van der Waals surface area contributed by atoms with Crippen molar-refractivity contribution in [1.82, 2.24) is 0 Å². The molecule has 7 nitrogen and oxygen atoms in total. The molecule has 1 atom stereocenters. The second kappa shape index (κ2) is 11.8. The number of rotatable bonds is 10. The molecule has 0 amide bonds. The Balaban J connectivity index is 2.51. The van der Waals surface area contributed by atoms with Crippen LogP contribution in [0.1, 0.15) is 44.5 Å². The average molecular weight is 441 g/mol. The van der Waals surface area contributed by atoms with E-state index in [9.17, 15) is 24.0 Å². The number of carbonyl (C=O) groups excluding carboxylic acids is 5. The summed E-state index contributed by atoms with van der Waals surface area (Å²) in [7, 11) is 0. The predicted octanol–water partition coefficient (Wildman–Crippen LogP) is 3.89. The van der Waals surface area contributed by atoms with Crippen LogP contribution < -0.4 is 0 Å². The fourth-order valence-electron chi connectivity index (χ4n) is 2.09. The first kappa shape index (κ1) is 24.9. The van der Waals surface area contributed by atoms with Crippen LogP contribution >= 0.6 is 23.5 Å². The molecule has 0 saturated carbocycles. The zero-order valence-corrected chi connectivity index (χ0v) is 18.4. The van der Waals surface area contributed by atoms with E-state index in [1.165, 1.54) is 13.8 Å². The van der Waals surface area contributed by atoms with Crippen molar-refractivity contribution in [2.75, 3.05) is 12.5 Å². The number of hydrogen-bond donors (Lipinski definition) is 0. The van der Waals surface area contributed by atoms with Crippen molar-refractivity contribution in [3.05, 3.63) is 35.9 Å². The van der Waals surface area contributed by atoms with Crippen molar-refractivity contribution in [1.29, 1.82) is 0 Å². The van der Waals surface area contributed by atoms with Gasteiger partial charge in [0.2, 0.25) is 6.79 Å². The van der Waals surface area contributed by atoms with Crippen molar-refractivity contribution >= 4 is 51.5 Å². The van der Waals surface area contributed by atoms with Crippen LogP contribution in [0.3, 0.4) is 0 Å². The minimum atomic E-state index is -1.14. The summed E-state index contributed by atoms with van der Waals surface area (Å²) in [5.41, 5.74) is 0.324. The number of hydrogen-bond acceptors (Lipinski definition) is 9. The summed E-state index contributed by atoms with van der Waals surface area (Å²) >= 11 is 1.64. The summed E-state index contributed by atoms with van der Waals surface area (Å²) in [4.78, 5) is 59.2. The Kier molecular flexibility index (Phi) is 10.1. The normalized spacial score (nSPS) is 12.0. The van der Waals surface area contributed by atoms with Crippen LogP contribution in [-0.4, -0.2) is 45.2 Å². The molecule has 0 bridgehead atoms. The largest absolute Gasteiger partial charge is 0.424 e. The number of thioether (sulfide) groups is 2. The van der Waals surface area contributed by atoms with Crippen LogP contribution in [0.5, 0.6) is 0 Å². The lowest BCUT2D eigenvalue weighted by Crippen LogP contribution is -2.33. The summed E-state index contributed by atoms with van der Waals surface area (Å²) < 4.78 is 8.59. The third kappa shape index (κ3) is 9.27. The van der Waals surface area contributed by atoms with Crippen LogP contribution in [0.2, 0.25) is 0 Å². The van der Waals surface area contributed by atoms with Gasteiger partial charge in [0, 0.05) is 25.0 Å². The van der Waals surface area contributed by atoms with E-state index >= 15 is 0 Å². The first-order chi connectivity index (χ1) is 13.5. The van der Waals surface area contributed by atoms with E-state index in [1.54, 1.807) is 44.2 Å². The molecule has 9 heteroatoms. The molecule has 1 aromatic rings. The molecular formula is C20H24O7S2. The molecule has 0 fully saturated rings. The van der Waals surface area contributed by atoms with Gasteiger partial charge in [-0.3, -0.25) is 14.4 Å². The van der Waals surface area contributed by atoms with E-state index in [4.69, 9.17) is 9.47 Å². The standard InChI is InChI=1S/C20H24O7S2/c1-13(21)16(11-28-14(2)22)10-17(23)20(3,4)29-19(25)27-12-26-18(24)15-8-6-5-7-9-15/h5-9,16H,10-12H2,1-4H3/t16-/m0/s1. The summed E-state index contributed by atoms with van der Waals surface area (Å²) in [5.74, 6) is -1.52. The van der Waals surface area contributed by atoms with Gasteiger partial charge in [0.1, 0.15) is 11.6 Å². The smallest absolute Gasteiger partial charge is 0.371 e. The van der Waals surface area contributed by atoms with Crippen molar-refractivity contribution in [2.45, 2.75) is 38.9 Å². The molecular weight excluding hydrogens is 416 g/mol. The monoisotopic (exact) mass is 440 g/mol. The van der Waals surface area contributed by atoms with Gasteiger partial charge < -0.3 is 9.47 Å². The quantitative estimate of drug-likeness (QED) is 0.396. The molecule has 0 heterocycles. The lowest BCUT2D eigenvalue weighted by molar-refractivity contribution is -0.126. The van der Waals surface area contributed by atoms with Gasteiger partial charge in [-0.1, -0.05) is 30.0 Å². The van der Waals surface area contributed by atoms with E-state index in [0.29, 0.717) is 17.3 Å². The number of esters is 1. The van der Waals surface area contributed by atoms with E-state index in [1.807, 2.05) is 0 Å². The highest BCUT2D eigenvalue weighted by molar-refractivity contribution is 8.15. The molecule has 0 aliphatic rings. The van der Waals surface area contributed by atoms with Crippen molar-refractivity contribution in [3.8, 4) is 0 Å². The molecule has 1 aromatic carbocycles. The summed E-state index contributed by atoms with van der Waals surface area (Å²) in [5, 5.41) is -0.910. The van der Waals surface area contributed by atoms with Gasteiger partial charge in [-0.25, -0.2) is 9.59 Å². The van der Waals surface area contributed by atoms with E-state index < -0.39 is 28.7 Å². The number of carbonyl (C=O) groups is 5. The Morgan fingerprint density at radius 2 is 1.62 bits per heavy atom. The SMILES string of the molecule is CC(=O)SC[C@H](CC(=O)C(C)(C)SC(=O)OCOC(=O)c1ccccc1)C(C)=O. The van der Waals surface area contributed by atoms with Crippen LogP contribution in [-0.2, 0) is 23.9 Å². The van der Waals surface area contributed by atoms with Crippen LogP contribution in [0.15, 0.2) is 30.3 Å². The molecule has 0 saturated heterocycles. The van der Waals surface area contributed by atoms with Gasteiger partial charge >= 0.3 is 11.3 Å². The zero-order chi connectivity index (χ0) is 22.0. The molecule has 0 aromatic heterocycles. The van der Waals surface area contributed by atoms with Crippen LogP contribution in [0, 0.1) is 5.92 Å². The molecule has 0 aliphatic heterocycles. The molecule has 0 unspecified atom stereocenters. The molecule has 0 spiro atoms. The maximum atomic E-state index is 12.6. The van der Waals surface area contributed by atoms with Crippen molar-refractivity contribution < 1.29 is 33.4 Å². The Labute approximate surface area is 178 Å². The highest BCUT2D eigenvalue weighted by Crippen LogP contribution is 2.30. The second-order valence-corrected chi connectivity index (χ2v) is 9.41. The molecule has 0 N–H and O–H groups in total. The van der Waals surface area contributed by atoms with Gasteiger partial charge in [-0.05, 0) is 44.7 Å². The minimum Gasteiger partial charge on any atom is -0.424 e. The van der Waals surface area contributed by atoms with Gasteiger partial charge in [0.05, 0.1) is 10.3 Å². The fraction of sp³-hybridized carbons (Fsp3) is 0.450. The van der Waals surface area contributed by atoms with Crippen molar-refractivity contribution in [3.63, 3.8) is 0 Å². The predicted molar refractivity (Wildman–Crippen MR) is 112 cm³/mol. The summed E-state index contributed by atoms with van der Waals surface area (Å²) in [6, 6.07) is 8.24. The van der Waals surface area contributed by atoms with Gasteiger partial charge in [0.25, 0.3) is 0 Å². The topological polar surface area (TPSA) is 104 Å². The van der Waals surface area contributed by atoms with E-state index in [-0.39, 0.29) is 28.9 Å². The maximum Gasteiger partial charge on any atom is 0.371 e. The second-order valence-electron chi connectivity index (χ2n) is 6.66. The first-order valence-electron chi connectivity index (χ1n) is 8.78. The zero-order valence-electron chi connectivity index (χ0n) is 16.8. The fourth-order valence-corrected chi connectivity index (χ4v) is 3.60.